The summed E-state index contributed by atoms with van der Waals surface area (Å²) < 4.78 is 7.43. The highest BCUT2D eigenvalue weighted by Crippen LogP contribution is 2.30. The van der Waals surface area contributed by atoms with Crippen molar-refractivity contribution in [3.05, 3.63) is 93.4 Å². The van der Waals surface area contributed by atoms with Crippen LogP contribution in [0.4, 0.5) is 5.82 Å². The second kappa shape index (κ2) is 9.51. The molecule has 0 saturated heterocycles. The maximum absolute atomic E-state index is 12.9. The molecule has 35 heavy (non-hydrogen) atoms. The van der Waals surface area contributed by atoms with Gasteiger partial charge in [-0.3, -0.25) is 9.78 Å². The maximum atomic E-state index is 12.9. The highest BCUT2D eigenvalue weighted by molar-refractivity contribution is 6.32. The van der Waals surface area contributed by atoms with Gasteiger partial charge in [0, 0.05) is 35.5 Å². The monoisotopic (exact) mass is 488 g/mol. The Bertz CT molecular complexity index is 1550. The van der Waals surface area contributed by atoms with Crippen molar-refractivity contribution in [1.29, 1.82) is 0 Å². The van der Waals surface area contributed by atoms with Gasteiger partial charge in [0.1, 0.15) is 18.2 Å². The number of nitrogens with one attached hydrogen (secondary N) is 2. The molecular formula is C24H21ClN8O2. The van der Waals surface area contributed by atoms with Gasteiger partial charge in [-0.05, 0) is 54.6 Å². The van der Waals surface area contributed by atoms with Crippen LogP contribution in [0.1, 0.15) is 30.0 Å². The SMILES string of the molecule is Cc1nnnn1-c1ccnc(NC(C)c2cc3cc(Cl)c(OCc4ccccn4)cc3[nH]c2=O)c1. The molecule has 1 aromatic carbocycles. The molecule has 0 saturated carbocycles. The minimum absolute atomic E-state index is 0.219. The number of hydrogen-bond acceptors (Lipinski definition) is 8. The first kappa shape index (κ1) is 22.5. The Morgan fingerprint density at radius 2 is 2.03 bits per heavy atom. The number of H-pyrrole nitrogens is 1. The Hall–Kier alpha value is -4.31. The lowest BCUT2D eigenvalue weighted by Crippen LogP contribution is -2.20. The van der Waals surface area contributed by atoms with Crippen molar-refractivity contribution >= 4 is 28.3 Å². The topological polar surface area (TPSA) is 124 Å². The molecule has 0 bridgehead atoms. The van der Waals surface area contributed by atoms with Gasteiger partial charge in [-0.2, -0.15) is 4.68 Å². The number of rotatable bonds is 7. The first-order valence-electron chi connectivity index (χ1n) is 10.8. The maximum Gasteiger partial charge on any atom is 0.253 e. The van der Waals surface area contributed by atoms with E-state index in [1.165, 1.54) is 0 Å². The molecule has 0 aliphatic carbocycles. The van der Waals surface area contributed by atoms with E-state index in [2.05, 4.69) is 35.8 Å². The van der Waals surface area contributed by atoms with Crippen LogP contribution < -0.4 is 15.6 Å². The minimum Gasteiger partial charge on any atom is -0.486 e. The van der Waals surface area contributed by atoms with Crippen molar-refractivity contribution in [2.45, 2.75) is 26.5 Å². The van der Waals surface area contributed by atoms with Crippen LogP contribution in [0.25, 0.3) is 16.6 Å². The number of aromatic amines is 1. The van der Waals surface area contributed by atoms with Crippen molar-refractivity contribution in [1.82, 2.24) is 35.2 Å². The predicted octanol–water partition coefficient (Wildman–Crippen LogP) is 4.01. The quantitative estimate of drug-likeness (QED) is 0.352. The van der Waals surface area contributed by atoms with E-state index in [9.17, 15) is 4.79 Å². The molecule has 5 rings (SSSR count). The van der Waals surface area contributed by atoms with Crippen molar-refractivity contribution < 1.29 is 4.74 Å². The van der Waals surface area contributed by atoms with Crippen molar-refractivity contribution in [3.63, 3.8) is 0 Å². The summed E-state index contributed by atoms with van der Waals surface area (Å²) in [6, 6.07) is 14.2. The Balaban J connectivity index is 1.38. The predicted molar refractivity (Wildman–Crippen MR) is 132 cm³/mol. The summed E-state index contributed by atoms with van der Waals surface area (Å²) in [5, 5.41) is 16.1. The van der Waals surface area contributed by atoms with Gasteiger partial charge in [0.2, 0.25) is 0 Å². The molecule has 0 fully saturated rings. The average Bonchev–Trinajstić information content (AvgIpc) is 3.29. The van der Waals surface area contributed by atoms with Crippen LogP contribution in [-0.2, 0) is 6.61 Å². The van der Waals surface area contributed by atoms with Crippen LogP contribution in [0.2, 0.25) is 5.02 Å². The highest BCUT2D eigenvalue weighted by atomic mass is 35.5. The van der Waals surface area contributed by atoms with Crippen LogP contribution in [-0.4, -0.2) is 35.2 Å². The van der Waals surface area contributed by atoms with Gasteiger partial charge in [0.05, 0.1) is 28.0 Å². The van der Waals surface area contributed by atoms with E-state index in [-0.39, 0.29) is 18.2 Å². The molecule has 0 aliphatic heterocycles. The summed E-state index contributed by atoms with van der Waals surface area (Å²) in [7, 11) is 0. The summed E-state index contributed by atoms with van der Waals surface area (Å²) >= 11 is 6.47. The van der Waals surface area contributed by atoms with Crippen molar-refractivity contribution in [2.75, 3.05) is 5.32 Å². The van der Waals surface area contributed by atoms with E-state index in [4.69, 9.17) is 16.3 Å². The number of halogens is 1. The third-order valence-corrected chi connectivity index (χ3v) is 5.77. The number of ether oxygens (including phenoxy) is 1. The zero-order valence-electron chi connectivity index (χ0n) is 18.9. The fourth-order valence-electron chi connectivity index (χ4n) is 3.69. The van der Waals surface area contributed by atoms with E-state index in [1.54, 1.807) is 35.3 Å². The molecule has 5 aromatic rings. The number of tetrazole rings is 1. The minimum atomic E-state index is -0.334. The number of benzene rings is 1. The molecule has 176 valence electrons. The summed E-state index contributed by atoms with van der Waals surface area (Å²) in [5.41, 5.74) is 2.49. The molecule has 0 amide bonds. The van der Waals surface area contributed by atoms with Gasteiger partial charge in [-0.1, -0.05) is 17.7 Å². The third kappa shape index (κ3) is 4.82. The van der Waals surface area contributed by atoms with Gasteiger partial charge in [0.25, 0.3) is 5.56 Å². The van der Waals surface area contributed by atoms with Crippen LogP contribution in [0, 0.1) is 6.92 Å². The fraction of sp³-hybridized carbons (Fsp3) is 0.167. The lowest BCUT2D eigenvalue weighted by molar-refractivity contribution is 0.302. The molecule has 4 aromatic heterocycles. The van der Waals surface area contributed by atoms with Gasteiger partial charge >= 0.3 is 0 Å². The molecule has 1 unspecified atom stereocenters. The Labute approximate surface area is 205 Å². The first-order chi connectivity index (χ1) is 17.0. The molecule has 0 radical (unpaired) electrons. The largest absolute Gasteiger partial charge is 0.486 e. The normalized spacial score (nSPS) is 12.0. The van der Waals surface area contributed by atoms with Crippen LogP contribution in [0.3, 0.4) is 0 Å². The van der Waals surface area contributed by atoms with Crippen LogP contribution >= 0.6 is 11.6 Å². The van der Waals surface area contributed by atoms with Gasteiger partial charge in [-0.15, -0.1) is 5.10 Å². The molecular weight excluding hydrogens is 468 g/mol. The number of fused-ring (bicyclic) bond motifs is 1. The Kier molecular flexibility index (Phi) is 6.11. The molecule has 10 nitrogen and oxygen atoms in total. The summed E-state index contributed by atoms with van der Waals surface area (Å²) in [4.78, 5) is 24.4. The number of aromatic nitrogens is 7. The summed E-state index contributed by atoms with van der Waals surface area (Å²) in [6.45, 7) is 3.97. The molecule has 0 aliphatic rings. The van der Waals surface area contributed by atoms with E-state index in [0.29, 0.717) is 33.5 Å². The second-order valence-electron chi connectivity index (χ2n) is 7.94. The molecule has 2 N–H and O–H groups in total. The average molecular weight is 489 g/mol. The zero-order chi connectivity index (χ0) is 24.4. The Morgan fingerprint density at radius 1 is 1.14 bits per heavy atom. The zero-order valence-corrected chi connectivity index (χ0v) is 19.7. The van der Waals surface area contributed by atoms with E-state index in [0.717, 1.165) is 16.8 Å². The lowest BCUT2D eigenvalue weighted by Gasteiger charge is -2.16. The van der Waals surface area contributed by atoms with Crippen molar-refractivity contribution in [3.8, 4) is 11.4 Å². The summed E-state index contributed by atoms with van der Waals surface area (Å²) in [6.07, 6.45) is 3.36. The molecule has 0 spiro atoms. The van der Waals surface area contributed by atoms with E-state index >= 15 is 0 Å². The molecule has 4 heterocycles. The van der Waals surface area contributed by atoms with Crippen molar-refractivity contribution in [2.24, 2.45) is 0 Å². The standard InChI is InChI=1S/C24H21ClN8O2/c1-14(28-23-11-18(6-8-27-23)33-15(2)30-31-32-33)19-9-16-10-20(25)22(12-21(16)29-24(19)34)35-13-17-5-3-4-7-26-17/h3-12,14H,13H2,1-2H3,(H,27,28)(H,29,34). The van der Waals surface area contributed by atoms with E-state index in [1.807, 2.05) is 44.2 Å². The Morgan fingerprint density at radius 3 is 2.80 bits per heavy atom. The van der Waals surface area contributed by atoms with Gasteiger partial charge in [-0.25, -0.2) is 4.98 Å². The van der Waals surface area contributed by atoms with Gasteiger partial charge < -0.3 is 15.0 Å². The molecule has 1 atom stereocenters. The smallest absolute Gasteiger partial charge is 0.253 e. The number of aryl methyl sites for hydroxylation is 1. The molecule has 11 heteroatoms. The van der Waals surface area contributed by atoms with Gasteiger partial charge in [0.15, 0.2) is 5.82 Å². The number of anilines is 1. The number of nitrogens with zero attached hydrogens (tertiary/aromatic N) is 6. The van der Waals surface area contributed by atoms with Crippen LogP contribution in [0.15, 0.2) is 65.7 Å². The first-order valence-corrected chi connectivity index (χ1v) is 11.2. The number of pyridine rings is 3. The van der Waals surface area contributed by atoms with E-state index < -0.39 is 0 Å². The summed E-state index contributed by atoms with van der Waals surface area (Å²) in [5.74, 6) is 1.71. The fourth-order valence-corrected chi connectivity index (χ4v) is 3.92. The number of hydrogen-bond donors (Lipinski definition) is 2. The highest BCUT2D eigenvalue weighted by Gasteiger charge is 2.15. The second-order valence-corrected chi connectivity index (χ2v) is 8.34. The lowest BCUT2D eigenvalue weighted by atomic mass is 10.1. The third-order valence-electron chi connectivity index (χ3n) is 5.47. The van der Waals surface area contributed by atoms with Crippen LogP contribution in [0.5, 0.6) is 5.75 Å².